The van der Waals surface area contributed by atoms with Crippen molar-refractivity contribution in [2.24, 2.45) is 0 Å². The van der Waals surface area contributed by atoms with E-state index in [0.717, 1.165) is 0 Å². The molecule has 0 atom stereocenters. The summed E-state index contributed by atoms with van der Waals surface area (Å²) in [5.74, 6) is 0.603. The van der Waals surface area contributed by atoms with E-state index in [1.807, 2.05) is 0 Å². The molecule has 0 aliphatic rings. The lowest BCUT2D eigenvalue weighted by Gasteiger charge is -2.39. The number of hydrogen-bond acceptors (Lipinski definition) is 1. The lowest BCUT2D eigenvalue weighted by Crippen LogP contribution is -2.53. The van der Waals surface area contributed by atoms with Crippen LogP contribution in [0.1, 0.15) is 26.3 Å². The monoisotopic (exact) mass is 294 g/mol. The molecule has 0 saturated carbocycles. The molecule has 0 unspecified atom stereocenters. The minimum atomic E-state index is -1.71. The van der Waals surface area contributed by atoms with E-state index in [-0.39, 0.29) is 5.04 Å². The Bertz CT molecular complexity index is 477. The zero-order chi connectivity index (χ0) is 15.2. The molecule has 108 valence electrons. The maximum absolute atomic E-state index is 10.9. The number of benzene rings is 1. The predicted octanol–water partition coefficient (Wildman–Crippen LogP) is 3.96. The Balaban J connectivity index is 3.62. The average Bonchev–Trinajstić information content (AvgIpc) is 2.12. The fourth-order valence-corrected chi connectivity index (χ4v) is 6.55. The maximum Gasteiger partial charge on any atom is 0.114 e. The van der Waals surface area contributed by atoms with Gasteiger partial charge in [-0.25, -0.2) is 0 Å². The molecule has 0 aromatic heterocycles. The highest BCUT2D eigenvalue weighted by molar-refractivity contribution is 6.95. The Hall–Kier alpha value is -0.546. The van der Waals surface area contributed by atoms with Gasteiger partial charge in [0.2, 0.25) is 0 Å². The molecule has 0 aliphatic carbocycles. The highest BCUT2D eigenvalue weighted by atomic mass is 28.3. The van der Waals surface area contributed by atoms with Crippen LogP contribution in [0.15, 0.2) is 12.1 Å². The Morgan fingerprint density at radius 2 is 1.42 bits per heavy atom. The first-order chi connectivity index (χ1) is 8.30. The summed E-state index contributed by atoms with van der Waals surface area (Å²) in [4.78, 5) is 0. The number of rotatable bonds is 2. The molecule has 0 aliphatic heterocycles. The van der Waals surface area contributed by atoms with Gasteiger partial charge in [0.05, 0.1) is 16.1 Å². The van der Waals surface area contributed by atoms with E-state index < -0.39 is 16.1 Å². The van der Waals surface area contributed by atoms with Crippen molar-refractivity contribution in [1.29, 1.82) is 0 Å². The largest absolute Gasteiger partial charge is 0.508 e. The molecule has 0 radical (unpaired) electrons. The van der Waals surface area contributed by atoms with Crippen LogP contribution in [-0.2, 0) is 0 Å². The Morgan fingerprint density at radius 3 is 1.79 bits per heavy atom. The van der Waals surface area contributed by atoms with Gasteiger partial charge in [-0.2, -0.15) is 0 Å². The molecular formula is C16H30OSi2. The summed E-state index contributed by atoms with van der Waals surface area (Å²) in [6, 6.07) is 4.36. The van der Waals surface area contributed by atoms with Gasteiger partial charge in [0.15, 0.2) is 0 Å². The molecule has 0 bridgehead atoms. The third kappa shape index (κ3) is 2.97. The van der Waals surface area contributed by atoms with Gasteiger partial charge in [-0.05, 0) is 27.9 Å². The normalized spacial score (nSPS) is 13.7. The fourth-order valence-electron chi connectivity index (χ4n) is 2.46. The Morgan fingerprint density at radius 1 is 0.947 bits per heavy atom. The van der Waals surface area contributed by atoms with E-state index in [2.05, 4.69) is 72.6 Å². The summed E-state index contributed by atoms with van der Waals surface area (Å²) < 4.78 is 0. The number of phenolic OH excluding ortho intramolecular Hbond substituents is 1. The first-order valence-corrected chi connectivity index (χ1v) is 13.6. The van der Waals surface area contributed by atoms with Crippen LogP contribution >= 0.6 is 0 Å². The van der Waals surface area contributed by atoms with Gasteiger partial charge in [0.25, 0.3) is 0 Å². The highest BCUT2D eigenvalue weighted by Gasteiger charge is 2.40. The van der Waals surface area contributed by atoms with Crippen molar-refractivity contribution in [1.82, 2.24) is 0 Å². The second-order valence-electron chi connectivity index (χ2n) is 8.28. The summed E-state index contributed by atoms with van der Waals surface area (Å²) in [7, 11) is -3.21. The smallest absolute Gasteiger partial charge is 0.114 e. The number of phenols is 1. The lowest BCUT2D eigenvalue weighted by atomic mass is 10.2. The number of aryl methyl sites for hydroxylation is 1. The minimum absolute atomic E-state index is 0.243. The molecule has 0 amide bonds. The maximum atomic E-state index is 10.9. The molecular weight excluding hydrogens is 264 g/mol. The molecule has 0 saturated heterocycles. The first-order valence-electron chi connectivity index (χ1n) is 7.13. The quantitative estimate of drug-likeness (QED) is 0.819. The van der Waals surface area contributed by atoms with E-state index in [9.17, 15) is 5.11 Å². The standard InChI is InChI=1S/C16H30OSi2/c1-12-10-11-13(18(5,6)7)14(17)15(12)19(8,9)16(2,3)4/h10-11,17H,1-9H3. The van der Waals surface area contributed by atoms with Gasteiger partial charge >= 0.3 is 0 Å². The van der Waals surface area contributed by atoms with E-state index in [0.29, 0.717) is 5.75 Å². The third-order valence-corrected chi connectivity index (χ3v) is 12.3. The first kappa shape index (κ1) is 16.5. The second-order valence-corrected chi connectivity index (χ2v) is 18.6. The minimum Gasteiger partial charge on any atom is -0.508 e. The van der Waals surface area contributed by atoms with E-state index >= 15 is 0 Å². The molecule has 0 fully saturated rings. The van der Waals surface area contributed by atoms with Crippen molar-refractivity contribution in [3.8, 4) is 5.75 Å². The van der Waals surface area contributed by atoms with Crippen molar-refractivity contribution in [2.45, 2.75) is 65.5 Å². The summed E-state index contributed by atoms with van der Waals surface area (Å²) in [5, 5.41) is 13.6. The highest BCUT2D eigenvalue weighted by Crippen LogP contribution is 2.37. The molecule has 0 heterocycles. The van der Waals surface area contributed by atoms with Crippen LogP contribution in [0.4, 0.5) is 0 Å². The average molecular weight is 295 g/mol. The molecule has 1 nitrogen and oxygen atoms in total. The van der Waals surface area contributed by atoms with Crippen LogP contribution in [0.2, 0.25) is 37.8 Å². The molecule has 1 aromatic rings. The van der Waals surface area contributed by atoms with Crippen molar-refractivity contribution >= 4 is 26.5 Å². The van der Waals surface area contributed by atoms with Gasteiger partial charge in [0.1, 0.15) is 5.75 Å². The SMILES string of the molecule is Cc1ccc([Si](C)(C)C)c(O)c1[Si](C)(C)C(C)(C)C. The van der Waals surface area contributed by atoms with Crippen molar-refractivity contribution in [2.75, 3.05) is 0 Å². The number of hydrogen-bond donors (Lipinski definition) is 1. The summed E-state index contributed by atoms with van der Waals surface area (Å²) in [6.07, 6.45) is 0. The Kier molecular flexibility index (Phi) is 4.15. The Labute approximate surface area is 121 Å². The molecule has 0 spiro atoms. The van der Waals surface area contributed by atoms with Crippen LogP contribution in [0.25, 0.3) is 0 Å². The van der Waals surface area contributed by atoms with Gasteiger partial charge in [0, 0.05) is 0 Å². The van der Waals surface area contributed by atoms with Gasteiger partial charge in [-0.15, -0.1) is 0 Å². The van der Waals surface area contributed by atoms with E-state index in [1.54, 1.807) is 0 Å². The van der Waals surface area contributed by atoms with Gasteiger partial charge < -0.3 is 5.11 Å². The van der Waals surface area contributed by atoms with Gasteiger partial charge in [-0.3, -0.25) is 0 Å². The molecule has 1 aromatic carbocycles. The van der Waals surface area contributed by atoms with E-state index in [4.69, 9.17) is 0 Å². The second kappa shape index (κ2) is 4.78. The summed E-state index contributed by atoms with van der Waals surface area (Å²) in [5.41, 5.74) is 1.26. The van der Waals surface area contributed by atoms with Crippen LogP contribution in [0.3, 0.4) is 0 Å². The van der Waals surface area contributed by atoms with Gasteiger partial charge in [-0.1, -0.05) is 65.6 Å². The predicted molar refractivity (Wildman–Crippen MR) is 92.7 cm³/mol. The molecule has 3 heteroatoms. The lowest BCUT2D eigenvalue weighted by molar-refractivity contribution is 0.482. The van der Waals surface area contributed by atoms with Crippen LogP contribution in [0, 0.1) is 6.92 Å². The van der Waals surface area contributed by atoms with E-state index in [1.165, 1.54) is 15.9 Å². The van der Waals surface area contributed by atoms with Crippen molar-refractivity contribution < 1.29 is 5.11 Å². The number of aromatic hydroxyl groups is 1. The third-order valence-electron chi connectivity index (χ3n) is 4.69. The van der Waals surface area contributed by atoms with Crippen molar-refractivity contribution in [3.63, 3.8) is 0 Å². The molecule has 1 N–H and O–H groups in total. The summed E-state index contributed by atoms with van der Waals surface area (Å²) >= 11 is 0. The van der Waals surface area contributed by atoms with Crippen LogP contribution < -0.4 is 10.4 Å². The molecule has 19 heavy (non-hydrogen) atoms. The van der Waals surface area contributed by atoms with Crippen molar-refractivity contribution in [3.05, 3.63) is 17.7 Å². The zero-order valence-corrected chi connectivity index (χ0v) is 16.1. The fraction of sp³-hybridized carbons (Fsp3) is 0.625. The van der Waals surface area contributed by atoms with Crippen LogP contribution in [-0.4, -0.2) is 21.3 Å². The summed E-state index contributed by atoms with van der Waals surface area (Å²) in [6.45, 7) is 20.7. The topological polar surface area (TPSA) is 20.2 Å². The molecule has 1 rings (SSSR count). The zero-order valence-electron chi connectivity index (χ0n) is 14.1. The van der Waals surface area contributed by atoms with Crippen LogP contribution in [0.5, 0.6) is 5.75 Å².